The van der Waals surface area contributed by atoms with E-state index in [1.807, 2.05) is 23.2 Å². The Morgan fingerprint density at radius 2 is 2.29 bits per heavy atom. The standard InChI is InChI=1S/C16H22N4O3S/c1-24-12-6-13(19-16(22)14-5-2-11-23-14)15(21)17-7-3-9-20-10-4-8-18-20/h2,4-5,8,10-11,13H,3,6-7,9,12H2,1H3,(H,17,21)(H,19,22). The fourth-order valence-corrected chi connectivity index (χ4v) is 2.62. The molecular formula is C16H22N4O3S. The summed E-state index contributed by atoms with van der Waals surface area (Å²) in [5.74, 6) is 0.432. The van der Waals surface area contributed by atoms with E-state index in [0.717, 1.165) is 18.7 Å². The minimum Gasteiger partial charge on any atom is -0.459 e. The van der Waals surface area contributed by atoms with Crippen LogP contribution < -0.4 is 10.6 Å². The van der Waals surface area contributed by atoms with Crippen molar-refractivity contribution in [3.63, 3.8) is 0 Å². The summed E-state index contributed by atoms with van der Waals surface area (Å²) in [4.78, 5) is 24.4. The van der Waals surface area contributed by atoms with Crippen molar-refractivity contribution < 1.29 is 14.0 Å². The third-order valence-corrected chi connectivity index (χ3v) is 4.04. The van der Waals surface area contributed by atoms with E-state index in [1.165, 1.54) is 6.26 Å². The number of carbonyl (C=O) groups excluding carboxylic acids is 2. The molecule has 0 saturated heterocycles. The summed E-state index contributed by atoms with van der Waals surface area (Å²) < 4.78 is 6.88. The maximum absolute atomic E-state index is 12.3. The zero-order chi connectivity index (χ0) is 17.2. The van der Waals surface area contributed by atoms with Gasteiger partial charge in [-0.1, -0.05) is 0 Å². The first-order chi connectivity index (χ1) is 11.7. The molecule has 0 aromatic carbocycles. The van der Waals surface area contributed by atoms with Gasteiger partial charge in [0.25, 0.3) is 5.91 Å². The molecule has 1 atom stereocenters. The van der Waals surface area contributed by atoms with E-state index < -0.39 is 6.04 Å². The zero-order valence-corrected chi connectivity index (χ0v) is 14.4. The molecule has 2 aromatic heterocycles. The molecule has 0 radical (unpaired) electrons. The second-order valence-corrected chi connectivity index (χ2v) is 6.18. The first kappa shape index (κ1) is 18.1. The van der Waals surface area contributed by atoms with Crippen molar-refractivity contribution in [2.45, 2.75) is 25.4 Å². The zero-order valence-electron chi connectivity index (χ0n) is 13.6. The van der Waals surface area contributed by atoms with Crippen LogP contribution in [-0.4, -0.2) is 46.2 Å². The lowest BCUT2D eigenvalue weighted by molar-refractivity contribution is -0.123. The molecule has 2 N–H and O–H groups in total. The second kappa shape index (κ2) is 9.82. The van der Waals surface area contributed by atoms with Crippen LogP contribution in [-0.2, 0) is 11.3 Å². The maximum Gasteiger partial charge on any atom is 0.287 e. The Bertz CT molecular complexity index is 613. The number of amides is 2. The average Bonchev–Trinajstić information content (AvgIpc) is 3.28. The van der Waals surface area contributed by atoms with Gasteiger partial charge in [-0.2, -0.15) is 16.9 Å². The highest BCUT2D eigenvalue weighted by Crippen LogP contribution is 2.05. The number of aryl methyl sites for hydroxylation is 1. The van der Waals surface area contributed by atoms with Crippen LogP contribution in [0.3, 0.4) is 0 Å². The molecule has 130 valence electrons. The lowest BCUT2D eigenvalue weighted by Crippen LogP contribution is -2.47. The minimum atomic E-state index is -0.570. The number of hydrogen-bond donors (Lipinski definition) is 2. The largest absolute Gasteiger partial charge is 0.459 e. The van der Waals surface area contributed by atoms with Crippen LogP contribution in [0.15, 0.2) is 41.3 Å². The smallest absolute Gasteiger partial charge is 0.287 e. The van der Waals surface area contributed by atoms with Gasteiger partial charge in [0, 0.05) is 25.5 Å². The van der Waals surface area contributed by atoms with Crippen LogP contribution in [0, 0.1) is 0 Å². The molecule has 0 spiro atoms. The molecule has 0 aliphatic heterocycles. The molecule has 0 saturated carbocycles. The summed E-state index contributed by atoms with van der Waals surface area (Å²) in [5, 5.41) is 9.71. The highest BCUT2D eigenvalue weighted by atomic mass is 32.2. The maximum atomic E-state index is 12.3. The van der Waals surface area contributed by atoms with Crippen LogP contribution in [0.1, 0.15) is 23.4 Å². The third-order valence-electron chi connectivity index (χ3n) is 3.40. The molecule has 8 heteroatoms. The second-order valence-electron chi connectivity index (χ2n) is 5.20. The van der Waals surface area contributed by atoms with Gasteiger partial charge < -0.3 is 15.1 Å². The highest BCUT2D eigenvalue weighted by Gasteiger charge is 2.21. The number of thioether (sulfide) groups is 1. The summed E-state index contributed by atoms with van der Waals surface area (Å²) in [5.41, 5.74) is 0. The van der Waals surface area contributed by atoms with Crippen molar-refractivity contribution in [1.29, 1.82) is 0 Å². The van der Waals surface area contributed by atoms with Gasteiger partial charge in [-0.3, -0.25) is 14.3 Å². The number of hydrogen-bond acceptors (Lipinski definition) is 5. The number of furan rings is 1. The lowest BCUT2D eigenvalue weighted by atomic mass is 10.2. The van der Waals surface area contributed by atoms with E-state index in [4.69, 9.17) is 4.42 Å². The lowest BCUT2D eigenvalue weighted by Gasteiger charge is -2.17. The number of nitrogens with zero attached hydrogens (tertiary/aromatic N) is 2. The van der Waals surface area contributed by atoms with Gasteiger partial charge >= 0.3 is 0 Å². The van der Waals surface area contributed by atoms with Gasteiger partial charge in [0.05, 0.1) is 6.26 Å². The van der Waals surface area contributed by atoms with Crippen LogP contribution >= 0.6 is 11.8 Å². The first-order valence-corrected chi connectivity index (χ1v) is 9.18. The van der Waals surface area contributed by atoms with Gasteiger partial charge in [0.2, 0.25) is 5.91 Å². The number of carbonyl (C=O) groups is 2. The molecule has 2 amide bonds. The topological polar surface area (TPSA) is 89.2 Å². The van der Waals surface area contributed by atoms with E-state index >= 15 is 0 Å². The van der Waals surface area contributed by atoms with Crippen molar-refractivity contribution in [2.24, 2.45) is 0 Å². The normalized spacial score (nSPS) is 11.9. The highest BCUT2D eigenvalue weighted by molar-refractivity contribution is 7.98. The van der Waals surface area contributed by atoms with Gasteiger partial charge in [-0.15, -0.1) is 0 Å². The Morgan fingerprint density at radius 3 is 2.96 bits per heavy atom. The fourth-order valence-electron chi connectivity index (χ4n) is 2.15. The predicted octanol–water partition coefficient (Wildman–Crippen LogP) is 1.53. The van der Waals surface area contributed by atoms with Gasteiger partial charge in [-0.25, -0.2) is 0 Å². The van der Waals surface area contributed by atoms with Crippen molar-refractivity contribution >= 4 is 23.6 Å². The quantitative estimate of drug-likeness (QED) is 0.635. The molecule has 1 unspecified atom stereocenters. The minimum absolute atomic E-state index is 0.176. The van der Waals surface area contributed by atoms with Gasteiger partial charge in [0.1, 0.15) is 6.04 Å². The molecule has 0 fully saturated rings. The number of nitrogens with one attached hydrogen (secondary N) is 2. The van der Waals surface area contributed by atoms with E-state index in [-0.39, 0.29) is 17.6 Å². The van der Waals surface area contributed by atoms with Crippen molar-refractivity contribution in [1.82, 2.24) is 20.4 Å². The summed E-state index contributed by atoms with van der Waals surface area (Å²) in [6, 6.07) is 4.51. The van der Waals surface area contributed by atoms with Crippen LogP contribution in [0.2, 0.25) is 0 Å². The van der Waals surface area contributed by atoms with E-state index in [9.17, 15) is 9.59 Å². The average molecular weight is 350 g/mol. The summed E-state index contributed by atoms with van der Waals surface area (Å²) >= 11 is 1.63. The summed E-state index contributed by atoms with van der Waals surface area (Å²) in [7, 11) is 0. The molecule has 0 aliphatic carbocycles. The molecule has 2 rings (SSSR count). The molecular weight excluding hydrogens is 328 g/mol. The Kier molecular flexibility index (Phi) is 7.41. The van der Waals surface area contributed by atoms with Crippen LogP contribution in [0.4, 0.5) is 0 Å². The first-order valence-electron chi connectivity index (χ1n) is 7.79. The van der Waals surface area contributed by atoms with E-state index in [0.29, 0.717) is 13.0 Å². The van der Waals surface area contributed by atoms with E-state index in [2.05, 4.69) is 15.7 Å². The van der Waals surface area contributed by atoms with E-state index in [1.54, 1.807) is 30.1 Å². The van der Waals surface area contributed by atoms with Crippen molar-refractivity contribution in [3.8, 4) is 0 Å². The van der Waals surface area contributed by atoms with Crippen LogP contribution in [0.25, 0.3) is 0 Å². The van der Waals surface area contributed by atoms with Gasteiger partial charge in [0.15, 0.2) is 5.76 Å². The Balaban J connectivity index is 1.79. The molecule has 2 heterocycles. The Hall–Kier alpha value is -2.22. The van der Waals surface area contributed by atoms with Gasteiger partial charge in [-0.05, 0) is 43.0 Å². The third kappa shape index (κ3) is 5.77. The van der Waals surface area contributed by atoms with Crippen molar-refractivity contribution in [3.05, 3.63) is 42.6 Å². The fraction of sp³-hybridized carbons (Fsp3) is 0.438. The molecule has 0 bridgehead atoms. The molecule has 2 aromatic rings. The Labute approximate surface area is 145 Å². The number of aromatic nitrogens is 2. The Morgan fingerprint density at radius 1 is 1.42 bits per heavy atom. The van der Waals surface area contributed by atoms with Crippen molar-refractivity contribution in [2.75, 3.05) is 18.6 Å². The predicted molar refractivity (Wildman–Crippen MR) is 92.8 cm³/mol. The van der Waals surface area contributed by atoms with Crippen LogP contribution in [0.5, 0.6) is 0 Å². The summed E-state index contributed by atoms with van der Waals surface area (Å²) in [6.45, 7) is 1.27. The molecule has 0 aliphatic rings. The summed E-state index contributed by atoms with van der Waals surface area (Å²) in [6.07, 6.45) is 8.34. The molecule has 24 heavy (non-hydrogen) atoms. The SMILES string of the molecule is CSCCC(NC(=O)c1ccco1)C(=O)NCCCn1cccn1. The monoisotopic (exact) mass is 350 g/mol. The number of rotatable bonds is 10. The molecule has 7 nitrogen and oxygen atoms in total.